The molecule has 0 saturated carbocycles. The molecule has 0 spiro atoms. The van der Waals surface area contributed by atoms with E-state index in [0.29, 0.717) is 12.3 Å². The molecule has 3 aromatic rings. The summed E-state index contributed by atoms with van der Waals surface area (Å²) < 4.78 is 8.49. The van der Waals surface area contributed by atoms with Crippen molar-refractivity contribution in [2.45, 2.75) is 6.92 Å². The zero-order chi connectivity index (χ0) is 13.2. The second-order valence-electron chi connectivity index (χ2n) is 3.96. The minimum atomic E-state index is -0.204. The maximum absolute atomic E-state index is 12.2. The molecule has 0 aliphatic heterocycles. The number of benzene rings is 1. The van der Waals surface area contributed by atoms with Gasteiger partial charge in [0.1, 0.15) is 12.1 Å². The van der Waals surface area contributed by atoms with Gasteiger partial charge in [0.2, 0.25) is 5.65 Å². The van der Waals surface area contributed by atoms with Crippen LogP contribution in [0.25, 0.3) is 11.3 Å². The molecule has 2 aromatic heterocycles. The maximum atomic E-state index is 12.2. The van der Waals surface area contributed by atoms with Crippen molar-refractivity contribution in [2.24, 2.45) is 0 Å². The Morgan fingerprint density at radius 2 is 2.00 bits per heavy atom. The number of fused-ring (bicyclic) bond motifs is 1. The highest BCUT2D eigenvalue weighted by molar-refractivity contribution is 5.41. The van der Waals surface area contributed by atoms with E-state index >= 15 is 0 Å². The maximum Gasteiger partial charge on any atom is 0.300 e. The second kappa shape index (κ2) is 4.56. The van der Waals surface area contributed by atoms with Crippen LogP contribution in [-0.2, 0) is 0 Å². The van der Waals surface area contributed by atoms with Gasteiger partial charge in [0.15, 0.2) is 0 Å². The summed E-state index contributed by atoms with van der Waals surface area (Å²) in [6, 6.07) is 7.33. The van der Waals surface area contributed by atoms with E-state index in [9.17, 15) is 4.79 Å². The van der Waals surface area contributed by atoms with Crippen molar-refractivity contribution in [1.82, 2.24) is 19.2 Å². The Morgan fingerprint density at radius 1 is 1.21 bits per heavy atom. The van der Waals surface area contributed by atoms with Gasteiger partial charge in [0.05, 0.1) is 6.61 Å². The van der Waals surface area contributed by atoms with Crippen LogP contribution in [0.3, 0.4) is 0 Å². The van der Waals surface area contributed by atoms with E-state index in [1.54, 1.807) is 16.8 Å². The lowest BCUT2D eigenvalue weighted by Crippen LogP contribution is -2.19. The van der Waals surface area contributed by atoms with E-state index in [0.717, 1.165) is 11.4 Å². The van der Waals surface area contributed by atoms with Crippen molar-refractivity contribution in [3.8, 4) is 11.4 Å². The van der Waals surface area contributed by atoms with E-state index < -0.39 is 0 Å². The van der Waals surface area contributed by atoms with Gasteiger partial charge in [-0.15, -0.1) is 10.2 Å². The van der Waals surface area contributed by atoms with Gasteiger partial charge in [0.25, 0.3) is 0 Å². The fraction of sp³-hybridized carbons (Fsp3) is 0.154. The standard InChI is InChI=1S/C13H12N4O2/c1-2-19-11-5-3-10(4-6-11)17-8-7-16-9-14-15-12(16)13(17)18/h3-9H,2H2,1H3. The lowest BCUT2D eigenvalue weighted by atomic mass is 10.3. The molecule has 0 atom stereocenters. The molecule has 6 heteroatoms. The molecule has 0 bridgehead atoms. The van der Waals surface area contributed by atoms with E-state index in [1.807, 2.05) is 31.2 Å². The third-order valence-corrected chi connectivity index (χ3v) is 2.79. The molecule has 0 N–H and O–H groups in total. The first kappa shape index (κ1) is 11.5. The van der Waals surface area contributed by atoms with E-state index in [2.05, 4.69) is 10.2 Å². The van der Waals surface area contributed by atoms with Gasteiger partial charge >= 0.3 is 5.56 Å². The third kappa shape index (κ3) is 1.97. The predicted octanol–water partition coefficient (Wildman–Crippen LogP) is 1.28. The van der Waals surface area contributed by atoms with Crippen LogP contribution in [0.2, 0.25) is 0 Å². The lowest BCUT2D eigenvalue weighted by Gasteiger charge is -2.07. The van der Waals surface area contributed by atoms with Crippen LogP contribution >= 0.6 is 0 Å². The Bertz CT molecular complexity index is 758. The number of nitrogens with zero attached hydrogens (tertiary/aromatic N) is 4. The smallest absolute Gasteiger partial charge is 0.300 e. The van der Waals surface area contributed by atoms with E-state index in [4.69, 9.17) is 4.74 Å². The van der Waals surface area contributed by atoms with Crippen LogP contribution in [-0.4, -0.2) is 25.8 Å². The first-order valence-corrected chi connectivity index (χ1v) is 5.94. The van der Waals surface area contributed by atoms with Gasteiger partial charge in [-0.2, -0.15) is 0 Å². The summed E-state index contributed by atoms with van der Waals surface area (Å²) in [4.78, 5) is 12.2. The van der Waals surface area contributed by atoms with Gasteiger partial charge in [-0.25, -0.2) is 0 Å². The van der Waals surface area contributed by atoms with Crippen LogP contribution in [0.1, 0.15) is 6.92 Å². The fourth-order valence-electron chi connectivity index (χ4n) is 1.89. The number of hydrogen-bond donors (Lipinski definition) is 0. The van der Waals surface area contributed by atoms with Crippen molar-refractivity contribution in [3.05, 3.63) is 53.3 Å². The quantitative estimate of drug-likeness (QED) is 0.708. The molecule has 1 aromatic carbocycles. The second-order valence-corrected chi connectivity index (χ2v) is 3.96. The summed E-state index contributed by atoms with van der Waals surface area (Å²) in [6.07, 6.45) is 4.93. The minimum absolute atomic E-state index is 0.204. The Kier molecular flexibility index (Phi) is 2.75. The van der Waals surface area contributed by atoms with E-state index in [-0.39, 0.29) is 5.56 Å². The van der Waals surface area contributed by atoms with Gasteiger partial charge in [0, 0.05) is 18.1 Å². The monoisotopic (exact) mass is 256 g/mol. The fourth-order valence-corrected chi connectivity index (χ4v) is 1.89. The minimum Gasteiger partial charge on any atom is -0.494 e. The normalized spacial score (nSPS) is 10.8. The summed E-state index contributed by atoms with van der Waals surface area (Å²) in [5.74, 6) is 0.780. The van der Waals surface area contributed by atoms with Crippen LogP contribution in [0.4, 0.5) is 0 Å². The van der Waals surface area contributed by atoms with Crippen LogP contribution in [0.5, 0.6) is 5.75 Å². The Hall–Kier alpha value is -2.63. The molecule has 0 aliphatic carbocycles. The van der Waals surface area contributed by atoms with Crippen LogP contribution in [0, 0.1) is 0 Å². The molecular formula is C13H12N4O2. The average molecular weight is 256 g/mol. The molecule has 0 radical (unpaired) electrons. The van der Waals surface area contributed by atoms with Gasteiger partial charge < -0.3 is 4.74 Å². The summed E-state index contributed by atoms with van der Waals surface area (Å²) in [6.45, 7) is 2.54. The summed E-state index contributed by atoms with van der Waals surface area (Å²) in [5.41, 5.74) is 0.861. The predicted molar refractivity (Wildman–Crippen MR) is 69.8 cm³/mol. The molecule has 0 amide bonds. The molecule has 6 nitrogen and oxygen atoms in total. The van der Waals surface area contributed by atoms with Crippen molar-refractivity contribution in [3.63, 3.8) is 0 Å². The van der Waals surface area contributed by atoms with Crippen molar-refractivity contribution in [1.29, 1.82) is 0 Å². The Morgan fingerprint density at radius 3 is 2.74 bits per heavy atom. The molecule has 96 valence electrons. The first-order chi connectivity index (χ1) is 9.29. The van der Waals surface area contributed by atoms with E-state index in [1.165, 1.54) is 10.9 Å². The molecule has 3 rings (SSSR count). The average Bonchev–Trinajstić information content (AvgIpc) is 2.90. The van der Waals surface area contributed by atoms with Gasteiger partial charge in [-0.1, -0.05) is 0 Å². The highest BCUT2D eigenvalue weighted by Gasteiger charge is 2.06. The summed E-state index contributed by atoms with van der Waals surface area (Å²) >= 11 is 0. The topological polar surface area (TPSA) is 61.4 Å². The third-order valence-electron chi connectivity index (χ3n) is 2.79. The first-order valence-electron chi connectivity index (χ1n) is 5.94. The van der Waals surface area contributed by atoms with Gasteiger partial charge in [-0.3, -0.25) is 13.8 Å². The Labute approximate surface area is 108 Å². The molecule has 0 aliphatic rings. The van der Waals surface area contributed by atoms with Crippen LogP contribution in [0.15, 0.2) is 47.8 Å². The zero-order valence-corrected chi connectivity index (χ0v) is 10.4. The SMILES string of the molecule is CCOc1ccc(-n2ccn3cnnc3c2=O)cc1. The number of hydrogen-bond acceptors (Lipinski definition) is 4. The van der Waals surface area contributed by atoms with Crippen molar-refractivity contribution >= 4 is 5.65 Å². The summed E-state index contributed by atoms with van der Waals surface area (Å²) in [7, 11) is 0. The molecule has 0 fully saturated rings. The number of aromatic nitrogens is 4. The van der Waals surface area contributed by atoms with Crippen molar-refractivity contribution < 1.29 is 4.74 Å². The molecule has 0 unspecified atom stereocenters. The summed E-state index contributed by atoms with van der Waals surface area (Å²) in [5, 5.41) is 7.52. The zero-order valence-electron chi connectivity index (χ0n) is 10.4. The Balaban J connectivity index is 2.08. The number of rotatable bonds is 3. The van der Waals surface area contributed by atoms with Gasteiger partial charge in [-0.05, 0) is 31.2 Å². The number of ether oxygens (including phenoxy) is 1. The molecular weight excluding hydrogens is 244 g/mol. The molecule has 0 saturated heterocycles. The highest BCUT2D eigenvalue weighted by atomic mass is 16.5. The lowest BCUT2D eigenvalue weighted by molar-refractivity contribution is 0.340. The molecule has 2 heterocycles. The highest BCUT2D eigenvalue weighted by Crippen LogP contribution is 2.14. The van der Waals surface area contributed by atoms with Crippen molar-refractivity contribution in [2.75, 3.05) is 6.61 Å². The largest absolute Gasteiger partial charge is 0.494 e. The molecule has 19 heavy (non-hydrogen) atoms. The van der Waals surface area contributed by atoms with Crippen LogP contribution < -0.4 is 10.3 Å².